The molecule has 3 rings (SSSR count). The number of H-pyrrole nitrogens is 1. The first-order valence-corrected chi connectivity index (χ1v) is 7.70. The molecule has 2 aromatic carbocycles. The lowest BCUT2D eigenvalue weighted by Gasteiger charge is -2.08. The number of hydrogen-bond donors (Lipinski definition) is 1. The Kier molecular flexibility index (Phi) is 3.48. The molecule has 96 valence electrons. The molecule has 0 saturated heterocycles. The van der Waals surface area contributed by atoms with E-state index in [4.69, 9.17) is 12.2 Å². The Bertz CT molecular complexity index is 820. The number of imidazole rings is 1. The van der Waals surface area contributed by atoms with Gasteiger partial charge >= 0.3 is 0 Å². The summed E-state index contributed by atoms with van der Waals surface area (Å²) in [5, 5.41) is 0. The Morgan fingerprint density at radius 1 is 1.26 bits per heavy atom. The molecular formula is C13H7BrFIN2S. The molecule has 2 nitrogen and oxygen atoms in total. The number of rotatable bonds is 1. The lowest BCUT2D eigenvalue weighted by molar-refractivity contribution is 0.617. The van der Waals surface area contributed by atoms with Crippen LogP contribution >= 0.6 is 50.7 Å². The standard InChI is InChI=1S/C13H7BrFIN2S/c14-8-2-1-3-9(15)12(8)18-11-5-4-7(16)6-10(11)17-13(18)19/h1-6H,(H,17,19). The van der Waals surface area contributed by atoms with E-state index in [9.17, 15) is 4.39 Å². The van der Waals surface area contributed by atoms with Crippen molar-refractivity contribution in [3.8, 4) is 5.69 Å². The molecule has 0 bridgehead atoms. The van der Waals surface area contributed by atoms with Gasteiger partial charge in [0.25, 0.3) is 0 Å². The molecule has 1 aromatic heterocycles. The van der Waals surface area contributed by atoms with Crippen molar-refractivity contribution in [2.45, 2.75) is 0 Å². The molecular weight excluding hydrogens is 442 g/mol. The van der Waals surface area contributed by atoms with Gasteiger partial charge in [0.2, 0.25) is 0 Å². The zero-order valence-electron chi connectivity index (χ0n) is 9.45. The minimum atomic E-state index is -0.315. The van der Waals surface area contributed by atoms with Crippen molar-refractivity contribution in [1.82, 2.24) is 9.55 Å². The molecule has 0 radical (unpaired) electrons. The molecule has 3 aromatic rings. The number of nitrogens with zero attached hydrogens (tertiary/aromatic N) is 1. The van der Waals surface area contributed by atoms with Crippen LogP contribution in [0.2, 0.25) is 0 Å². The van der Waals surface area contributed by atoms with Crippen molar-refractivity contribution in [2.75, 3.05) is 0 Å². The lowest BCUT2D eigenvalue weighted by Crippen LogP contribution is -1.99. The highest BCUT2D eigenvalue weighted by atomic mass is 127. The van der Waals surface area contributed by atoms with Crippen LogP contribution in [0.15, 0.2) is 40.9 Å². The van der Waals surface area contributed by atoms with E-state index in [-0.39, 0.29) is 5.82 Å². The van der Waals surface area contributed by atoms with Crippen LogP contribution in [0, 0.1) is 14.2 Å². The van der Waals surface area contributed by atoms with Crippen LogP contribution in [-0.2, 0) is 0 Å². The van der Waals surface area contributed by atoms with Gasteiger partial charge in [-0.15, -0.1) is 0 Å². The molecule has 0 atom stereocenters. The second-order valence-electron chi connectivity index (χ2n) is 4.00. The van der Waals surface area contributed by atoms with Gasteiger partial charge in [-0.2, -0.15) is 0 Å². The number of aromatic amines is 1. The average molecular weight is 449 g/mol. The van der Waals surface area contributed by atoms with Gasteiger partial charge in [-0.25, -0.2) is 4.39 Å². The second-order valence-corrected chi connectivity index (χ2v) is 6.48. The number of halogens is 3. The summed E-state index contributed by atoms with van der Waals surface area (Å²) in [7, 11) is 0. The molecule has 0 aliphatic carbocycles. The summed E-state index contributed by atoms with van der Waals surface area (Å²) >= 11 is 10.9. The Balaban J connectivity index is 2.43. The number of fused-ring (bicyclic) bond motifs is 1. The van der Waals surface area contributed by atoms with E-state index in [1.165, 1.54) is 6.07 Å². The van der Waals surface area contributed by atoms with Crippen molar-refractivity contribution in [2.24, 2.45) is 0 Å². The largest absolute Gasteiger partial charge is 0.330 e. The van der Waals surface area contributed by atoms with E-state index in [1.54, 1.807) is 16.7 Å². The van der Waals surface area contributed by atoms with Crippen LogP contribution in [0.4, 0.5) is 4.39 Å². The molecule has 1 N–H and O–H groups in total. The Hall–Kier alpha value is -0.730. The topological polar surface area (TPSA) is 20.7 Å². The average Bonchev–Trinajstić information content (AvgIpc) is 2.65. The first kappa shape index (κ1) is 13.3. The van der Waals surface area contributed by atoms with Gasteiger partial charge in [0.1, 0.15) is 5.82 Å². The zero-order chi connectivity index (χ0) is 13.6. The van der Waals surface area contributed by atoms with Gasteiger partial charge in [0, 0.05) is 8.04 Å². The van der Waals surface area contributed by atoms with E-state index >= 15 is 0 Å². The van der Waals surface area contributed by atoms with E-state index in [2.05, 4.69) is 43.5 Å². The van der Waals surface area contributed by atoms with E-state index in [0.29, 0.717) is 14.9 Å². The van der Waals surface area contributed by atoms with Crippen LogP contribution < -0.4 is 0 Å². The highest BCUT2D eigenvalue weighted by molar-refractivity contribution is 14.1. The van der Waals surface area contributed by atoms with Gasteiger partial charge in [0.15, 0.2) is 4.77 Å². The summed E-state index contributed by atoms with van der Waals surface area (Å²) in [4.78, 5) is 3.11. The van der Waals surface area contributed by atoms with Crippen LogP contribution in [0.25, 0.3) is 16.7 Å². The Labute approximate surface area is 135 Å². The second kappa shape index (κ2) is 4.99. The normalized spacial score (nSPS) is 11.1. The van der Waals surface area contributed by atoms with Crippen molar-refractivity contribution in [1.29, 1.82) is 0 Å². The summed E-state index contributed by atoms with van der Waals surface area (Å²) in [6.07, 6.45) is 0. The van der Waals surface area contributed by atoms with Gasteiger partial charge < -0.3 is 4.98 Å². The highest BCUT2D eigenvalue weighted by Crippen LogP contribution is 2.28. The van der Waals surface area contributed by atoms with Crippen LogP contribution in [0.5, 0.6) is 0 Å². The summed E-state index contributed by atoms with van der Waals surface area (Å²) in [6, 6.07) is 10.8. The Morgan fingerprint density at radius 2 is 2.05 bits per heavy atom. The van der Waals surface area contributed by atoms with Gasteiger partial charge in [-0.05, 0) is 81.1 Å². The van der Waals surface area contributed by atoms with Gasteiger partial charge in [-0.1, -0.05) is 6.07 Å². The van der Waals surface area contributed by atoms with Gasteiger partial charge in [0.05, 0.1) is 16.7 Å². The number of para-hydroxylation sites is 1. The van der Waals surface area contributed by atoms with Crippen molar-refractivity contribution in [3.05, 3.63) is 55.0 Å². The minimum absolute atomic E-state index is 0.315. The molecule has 0 fully saturated rings. The summed E-state index contributed by atoms with van der Waals surface area (Å²) in [5.74, 6) is -0.315. The maximum Gasteiger partial charge on any atom is 0.182 e. The van der Waals surface area contributed by atoms with Crippen molar-refractivity contribution < 1.29 is 4.39 Å². The minimum Gasteiger partial charge on any atom is -0.330 e. The molecule has 0 aliphatic heterocycles. The fourth-order valence-corrected chi connectivity index (χ4v) is 3.32. The van der Waals surface area contributed by atoms with E-state index < -0.39 is 0 Å². The number of hydrogen-bond acceptors (Lipinski definition) is 1. The third kappa shape index (κ3) is 2.25. The number of nitrogens with one attached hydrogen (secondary N) is 1. The molecule has 0 amide bonds. The SMILES string of the molecule is Fc1cccc(Br)c1-n1c(=S)[nH]c2cc(I)ccc21. The molecule has 0 aliphatic rings. The van der Waals surface area contributed by atoms with Crippen molar-refractivity contribution >= 4 is 61.8 Å². The fourth-order valence-electron chi connectivity index (χ4n) is 2.01. The van der Waals surface area contributed by atoms with Crippen LogP contribution in [0.3, 0.4) is 0 Å². The maximum absolute atomic E-state index is 14.1. The van der Waals surface area contributed by atoms with E-state index in [1.807, 2.05) is 18.2 Å². The predicted octanol–water partition coefficient (Wildman–Crippen LogP) is 5.19. The van der Waals surface area contributed by atoms with Crippen LogP contribution in [-0.4, -0.2) is 9.55 Å². The van der Waals surface area contributed by atoms with E-state index in [0.717, 1.165) is 14.6 Å². The number of aromatic nitrogens is 2. The summed E-state index contributed by atoms with van der Waals surface area (Å²) < 4.78 is 18.0. The predicted molar refractivity (Wildman–Crippen MR) is 88.8 cm³/mol. The lowest BCUT2D eigenvalue weighted by atomic mass is 10.2. The molecule has 0 spiro atoms. The summed E-state index contributed by atoms with van der Waals surface area (Å²) in [5.41, 5.74) is 2.18. The molecule has 0 unspecified atom stereocenters. The third-order valence-electron chi connectivity index (χ3n) is 2.81. The van der Waals surface area contributed by atoms with Crippen LogP contribution in [0.1, 0.15) is 0 Å². The van der Waals surface area contributed by atoms with Gasteiger partial charge in [-0.3, -0.25) is 4.57 Å². The maximum atomic E-state index is 14.1. The molecule has 1 heterocycles. The number of benzene rings is 2. The zero-order valence-corrected chi connectivity index (χ0v) is 14.0. The third-order valence-corrected chi connectivity index (χ3v) is 4.40. The molecule has 6 heteroatoms. The first-order chi connectivity index (χ1) is 9.08. The molecule has 0 saturated carbocycles. The molecule has 19 heavy (non-hydrogen) atoms. The fraction of sp³-hybridized carbons (Fsp3) is 0. The first-order valence-electron chi connectivity index (χ1n) is 5.42. The monoisotopic (exact) mass is 448 g/mol. The quantitative estimate of drug-likeness (QED) is 0.401. The smallest absolute Gasteiger partial charge is 0.182 e. The van der Waals surface area contributed by atoms with Crippen molar-refractivity contribution in [3.63, 3.8) is 0 Å². The summed E-state index contributed by atoms with van der Waals surface area (Å²) in [6.45, 7) is 0. The Morgan fingerprint density at radius 3 is 2.79 bits per heavy atom. The highest BCUT2D eigenvalue weighted by Gasteiger charge is 2.13.